The van der Waals surface area contributed by atoms with Gasteiger partial charge in [0.25, 0.3) is 5.91 Å². The number of benzene rings is 5. The molecule has 7 aromatic rings. The minimum absolute atomic E-state index is 0.0128. The Hall–Kier alpha value is -7.00. The van der Waals surface area contributed by atoms with Crippen LogP contribution < -0.4 is 10.6 Å². The number of nitrogens with one attached hydrogen (secondary N) is 4. The van der Waals surface area contributed by atoms with Gasteiger partial charge in [0.05, 0.1) is 55.0 Å². The third-order valence-electron chi connectivity index (χ3n) is 13.8. The molecule has 1 saturated carbocycles. The minimum atomic E-state index is -0.985. The van der Waals surface area contributed by atoms with Gasteiger partial charge >= 0.3 is 12.2 Å². The number of aromatic amines is 2. The third-order valence-corrected chi connectivity index (χ3v) is 13.8. The third kappa shape index (κ3) is 9.31. The van der Waals surface area contributed by atoms with Crippen LogP contribution in [0, 0.1) is 23.7 Å². The molecule has 1 aliphatic rings. The van der Waals surface area contributed by atoms with E-state index < -0.39 is 30.3 Å². The van der Waals surface area contributed by atoms with E-state index in [9.17, 15) is 19.2 Å². The van der Waals surface area contributed by atoms with Crippen molar-refractivity contribution in [1.29, 1.82) is 0 Å². The molecule has 7 unspecified atom stereocenters. The van der Waals surface area contributed by atoms with E-state index in [-0.39, 0.29) is 35.7 Å². The van der Waals surface area contributed by atoms with E-state index in [0.29, 0.717) is 42.2 Å². The van der Waals surface area contributed by atoms with Crippen molar-refractivity contribution in [2.24, 2.45) is 23.7 Å². The van der Waals surface area contributed by atoms with Crippen LogP contribution in [0.5, 0.6) is 0 Å². The van der Waals surface area contributed by atoms with Crippen molar-refractivity contribution in [3.63, 3.8) is 0 Å². The van der Waals surface area contributed by atoms with E-state index in [1.807, 2.05) is 82.0 Å². The highest BCUT2D eigenvalue weighted by molar-refractivity contribution is 6.07. The molecule has 15 nitrogen and oxygen atoms in total. The SMILES string of the molecule is COCC(C)CN(C(=O)C(NC(=O)OC)c1ccccc1)C(C)c1nc2c(ccc3cc(-c4ccc5c(ccc6[nH]c(C(C)N(C(=O)C(NC(=O)OC)C(C)C)C7C(C)C7C)nc65)c4)ccc32)[nH]1. The predicted octanol–water partition coefficient (Wildman–Crippen LogP) is 9.61. The number of carbonyl (C=O) groups is 4. The Balaban J connectivity index is 1.08. The van der Waals surface area contributed by atoms with Gasteiger partial charge in [0, 0.05) is 30.5 Å². The fourth-order valence-corrected chi connectivity index (χ4v) is 9.66. The van der Waals surface area contributed by atoms with Gasteiger partial charge in [0.1, 0.15) is 23.7 Å². The molecular weight excluding hydrogens is 861 g/mol. The summed E-state index contributed by atoms with van der Waals surface area (Å²) in [5.74, 6) is 1.29. The van der Waals surface area contributed by atoms with E-state index in [2.05, 4.69) is 83.0 Å². The minimum Gasteiger partial charge on any atom is -0.453 e. The van der Waals surface area contributed by atoms with Crippen LogP contribution in [0.2, 0.25) is 0 Å². The second kappa shape index (κ2) is 19.7. The van der Waals surface area contributed by atoms with Crippen LogP contribution in [0.3, 0.4) is 0 Å². The van der Waals surface area contributed by atoms with E-state index in [1.165, 1.54) is 14.2 Å². The van der Waals surface area contributed by atoms with Gasteiger partial charge in [-0.2, -0.15) is 0 Å². The smallest absolute Gasteiger partial charge is 0.407 e. The van der Waals surface area contributed by atoms with E-state index in [1.54, 1.807) is 12.0 Å². The topological polar surface area (TPSA) is 184 Å². The lowest BCUT2D eigenvalue weighted by Gasteiger charge is -2.34. The summed E-state index contributed by atoms with van der Waals surface area (Å²) in [6, 6.07) is 27.5. The molecule has 2 aromatic heterocycles. The molecule has 15 heteroatoms. The van der Waals surface area contributed by atoms with Gasteiger partial charge in [-0.05, 0) is 89.2 Å². The van der Waals surface area contributed by atoms with Gasteiger partial charge in [0.2, 0.25) is 5.91 Å². The lowest BCUT2D eigenvalue weighted by atomic mass is 9.98. The Kier molecular flexibility index (Phi) is 13.7. The number of amides is 4. The molecule has 1 fully saturated rings. The summed E-state index contributed by atoms with van der Waals surface area (Å²) in [5, 5.41) is 9.50. The molecule has 0 saturated heterocycles. The lowest BCUT2D eigenvalue weighted by molar-refractivity contribution is -0.138. The van der Waals surface area contributed by atoms with Crippen LogP contribution in [0.25, 0.3) is 54.7 Å². The molecule has 0 spiro atoms. The standard InChI is InChI=1S/C53H62N8O7/c1-28(2)43(58-52(64)67-9)51(63)61(47-30(4)31(47)5)33(7)49-55-42-23-19-38-25-36(17-21-40(38)46(42)57-49)35-16-20-39-37(24-35)18-22-41-45(39)56-48(54-41)32(6)60(26-29(3)27-66-8)50(62)44(59-53(65)68-10)34-14-12-11-13-15-34/h11-25,28-33,43-44,47H,26-27H2,1-10H3,(H,54,56)(H,55,57)(H,58,64)(H,59,65). The Labute approximate surface area is 396 Å². The molecule has 0 bridgehead atoms. The summed E-state index contributed by atoms with van der Waals surface area (Å²) in [4.78, 5) is 74.5. The Morgan fingerprint density at radius 2 is 1.19 bits per heavy atom. The van der Waals surface area contributed by atoms with Gasteiger partial charge in [-0.25, -0.2) is 19.6 Å². The van der Waals surface area contributed by atoms with Crippen LogP contribution in [-0.4, -0.2) is 100 Å². The van der Waals surface area contributed by atoms with Crippen molar-refractivity contribution >= 4 is 67.6 Å². The number of aromatic nitrogens is 4. The number of ether oxygens (including phenoxy) is 3. The molecule has 4 amide bonds. The first kappa shape index (κ1) is 47.5. The van der Waals surface area contributed by atoms with Crippen molar-refractivity contribution in [2.45, 2.75) is 78.7 Å². The fraction of sp³-hybridized carbons (Fsp3) is 0.396. The van der Waals surface area contributed by atoms with Crippen LogP contribution >= 0.6 is 0 Å². The maximum absolute atomic E-state index is 14.5. The summed E-state index contributed by atoms with van der Waals surface area (Å²) in [5.41, 5.74) is 6.03. The Morgan fingerprint density at radius 1 is 0.662 bits per heavy atom. The van der Waals surface area contributed by atoms with E-state index in [4.69, 9.17) is 24.2 Å². The summed E-state index contributed by atoms with van der Waals surface area (Å²) in [6.45, 7) is 14.9. The summed E-state index contributed by atoms with van der Waals surface area (Å²) < 4.78 is 15.2. The van der Waals surface area contributed by atoms with E-state index >= 15 is 0 Å². The van der Waals surface area contributed by atoms with Crippen molar-refractivity contribution < 1.29 is 33.4 Å². The highest BCUT2D eigenvalue weighted by atomic mass is 16.5. The fourth-order valence-electron chi connectivity index (χ4n) is 9.66. The molecular formula is C53H62N8O7. The number of nitrogens with zero attached hydrogens (tertiary/aromatic N) is 4. The number of alkyl carbamates (subject to hydrolysis) is 2. The number of H-pyrrole nitrogens is 2. The average molecular weight is 923 g/mol. The van der Waals surface area contributed by atoms with Crippen LogP contribution in [0.1, 0.15) is 83.8 Å². The molecule has 8 rings (SSSR count). The molecule has 356 valence electrons. The van der Waals surface area contributed by atoms with Crippen LogP contribution in [0.15, 0.2) is 91.0 Å². The largest absolute Gasteiger partial charge is 0.453 e. The molecule has 0 radical (unpaired) electrons. The first-order valence-corrected chi connectivity index (χ1v) is 23.3. The van der Waals surface area contributed by atoms with E-state index in [0.717, 1.165) is 54.7 Å². The normalized spacial score (nSPS) is 18.0. The van der Waals surface area contributed by atoms with Crippen molar-refractivity contribution in [3.05, 3.63) is 108 Å². The number of carbonyl (C=O) groups excluding carboxylic acids is 4. The number of fused-ring (bicyclic) bond motifs is 6. The van der Waals surface area contributed by atoms with Gasteiger partial charge in [-0.15, -0.1) is 0 Å². The molecule has 1 aliphatic carbocycles. The zero-order valence-electron chi connectivity index (χ0n) is 40.4. The molecule has 68 heavy (non-hydrogen) atoms. The van der Waals surface area contributed by atoms with Gasteiger partial charge < -0.3 is 44.6 Å². The highest BCUT2D eigenvalue weighted by Gasteiger charge is 2.52. The van der Waals surface area contributed by atoms with Gasteiger partial charge in [-0.1, -0.05) is 101 Å². The highest BCUT2D eigenvalue weighted by Crippen LogP contribution is 2.46. The zero-order valence-corrected chi connectivity index (χ0v) is 40.4. The molecule has 0 aliphatic heterocycles. The summed E-state index contributed by atoms with van der Waals surface area (Å²) in [7, 11) is 4.21. The summed E-state index contributed by atoms with van der Waals surface area (Å²) >= 11 is 0. The number of rotatable bonds is 16. The summed E-state index contributed by atoms with van der Waals surface area (Å²) in [6.07, 6.45) is -1.34. The molecule has 7 atom stereocenters. The van der Waals surface area contributed by atoms with Crippen LogP contribution in [-0.2, 0) is 23.8 Å². The second-order valence-electron chi connectivity index (χ2n) is 18.7. The lowest BCUT2D eigenvalue weighted by Crippen LogP contribution is -2.53. The van der Waals surface area contributed by atoms with Gasteiger partial charge in [0.15, 0.2) is 0 Å². The maximum Gasteiger partial charge on any atom is 0.407 e. The van der Waals surface area contributed by atoms with Crippen molar-refractivity contribution in [2.75, 3.05) is 34.5 Å². The predicted molar refractivity (Wildman–Crippen MR) is 264 cm³/mol. The number of imidazole rings is 2. The monoisotopic (exact) mass is 922 g/mol. The molecule has 5 aromatic carbocycles. The first-order chi connectivity index (χ1) is 32.6. The van der Waals surface area contributed by atoms with Crippen LogP contribution in [0.4, 0.5) is 9.59 Å². The van der Waals surface area contributed by atoms with Crippen molar-refractivity contribution in [1.82, 2.24) is 40.4 Å². The average Bonchev–Trinajstić information content (AvgIpc) is 3.68. The number of hydrogen-bond donors (Lipinski definition) is 4. The van der Waals surface area contributed by atoms with Gasteiger partial charge in [-0.3, -0.25) is 9.59 Å². The molecule has 2 heterocycles. The Bertz CT molecular complexity index is 2980. The molecule has 4 N–H and O–H groups in total. The first-order valence-electron chi connectivity index (χ1n) is 23.3. The quantitative estimate of drug-likeness (QED) is 0.0733. The van der Waals surface area contributed by atoms with Crippen molar-refractivity contribution in [3.8, 4) is 11.1 Å². The second-order valence-corrected chi connectivity index (χ2v) is 18.7. The Morgan fingerprint density at radius 3 is 1.69 bits per heavy atom. The zero-order chi connectivity index (χ0) is 48.6. The number of methoxy groups -OCH3 is 3. The maximum atomic E-state index is 14.5. The number of hydrogen-bond acceptors (Lipinski definition) is 9.